The molecule has 0 spiro atoms. The number of hydrogen-bond donors (Lipinski definition) is 1. The number of nitrogens with zero attached hydrogens (tertiary/aromatic N) is 3. The van der Waals surface area contributed by atoms with Crippen LogP contribution in [-0.2, 0) is 27.5 Å². The minimum Gasteiger partial charge on any atom is -0.489 e. The van der Waals surface area contributed by atoms with E-state index in [-0.39, 0.29) is 12.5 Å². The fourth-order valence-electron chi connectivity index (χ4n) is 3.92. The molecule has 1 aromatic heterocycles. The van der Waals surface area contributed by atoms with Crippen LogP contribution >= 0.6 is 0 Å². The van der Waals surface area contributed by atoms with Gasteiger partial charge in [0.25, 0.3) is 5.91 Å². The molecule has 178 valence electrons. The van der Waals surface area contributed by atoms with Crippen molar-refractivity contribution in [2.45, 2.75) is 39.0 Å². The zero-order valence-electron chi connectivity index (χ0n) is 19.4. The second-order valence-electron chi connectivity index (χ2n) is 8.18. The van der Waals surface area contributed by atoms with Crippen LogP contribution in [0.5, 0.6) is 5.75 Å². The largest absolute Gasteiger partial charge is 0.489 e. The summed E-state index contributed by atoms with van der Waals surface area (Å²) in [7, 11) is 1.44. The van der Waals surface area contributed by atoms with E-state index in [0.29, 0.717) is 24.3 Å². The second kappa shape index (κ2) is 9.96. The van der Waals surface area contributed by atoms with Crippen LogP contribution in [0.3, 0.4) is 0 Å². The van der Waals surface area contributed by atoms with E-state index < -0.39 is 18.2 Å². The highest BCUT2D eigenvalue weighted by molar-refractivity contribution is 6.00. The van der Waals surface area contributed by atoms with Gasteiger partial charge in [0.1, 0.15) is 18.6 Å². The van der Waals surface area contributed by atoms with Crippen molar-refractivity contribution in [3.05, 3.63) is 60.3 Å². The average Bonchev–Trinajstić information content (AvgIpc) is 3.24. The number of carbonyl (C=O) groups excluding carboxylic acids is 3. The lowest BCUT2D eigenvalue weighted by Gasteiger charge is -2.26. The summed E-state index contributed by atoms with van der Waals surface area (Å²) >= 11 is 0. The van der Waals surface area contributed by atoms with Gasteiger partial charge in [0, 0.05) is 30.7 Å². The number of aryl methyl sites for hydroxylation is 1. The van der Waals surface area contributed by atoms with Gasteiger partial charge in [0.05, 0.1) is 18.3 Å². The van der Waals surface area contributed by atoms with Crippen molar-refractivity contribution < 1.29 is 24.0 Å². The van der Waals surface area contributed by atoms with Crippen LogP contribution in [0, 0.1) is 0 Å². The Labute approximate surface area is 197 Å². The van der Waals surface area contributed by atoms with E-state index >= 15 is 0 Å². The van der Waals surface area contributed by atoms with Crippen LogP contribution in [0.2, 0.25) is 0 Å². The number of hydroxylamine groups is 1. The van der Waals surface area contributed by atoms with Crippen molar-refractivity contribution in [2.24, 2.45) is 0 Å². The molecule has 0 radical (unpaired) electrons. The van der Waals surface area contributed by atoms with Crippen molar-refractivity contribution >= 4 is 34.9 Å². The molecule has 0 aliphatic carbocycles. The number of amides is 2. The normalized spacial score (nSPS) is 16.4. The van der Waals surface area contributed by atoms with E-state index in [1.165, 1.54) is 7.05 Å². The molecule has 0 saturated carbocycles. The first-order valence-corrected chi connectivity index (χ1v) is 11.2. The van der Waals surface area contributed by atoms with E-state index in [1.54, 1.807) is 17.9 Å². The molecule has 0 bridgehead atoms. The van der Waals surface area contributed by atoms with E-state index in [9.17, 15) is 14.4 Å². The van der Waals surface area contributed by atoms with E-state index in [2.05, 4.69) is 29.1 Å². The molecule has 1 aliphatic rings. The van der Waals surface area contributed by atoms with Crippen molar-refractivity contribution in [1.82, 2.24) is 14.9 Å². The summed E-state index contributed by atoms with van der Waals surface area (Å²) in [4.78, 5) is 44.7. The van der Waals surface area contributed by atoms with Crippen LogP contribution in [0.25, 0.3) is 10.9 Å². The molecule has 2 atom stereocenters. The molecule has 1 N–H and O–H groups in total. The highest BCUT2D eigenvalue weighted by Gasteiger charge is 2.33. The first kappa shape index (κ1) is 23.3. The Bertz CT molecular complexity index is 1210. The zero-order valence-corrected chi connectivity index (χ0v) is 19.4. The van der Waals surface area contributed by atoms with Gasteiger partial charge in [-0.05, 0) is 43.7 Å². The molecule has 9 heteroatoms. The molecule has 34 heavy (non-hydrogen) atoms. The minimum atomic E-state index is -0.935. The number of aromatic nitrogens is 1. The van der Waals surface area contributed by atoms with Crippen molar-refractivity contribution in [3.63, 3.8) is 0 Å². The Hall–Kier alpha value is -3.85. The van der Waals surface area contributed by atoms with Crippen LogP contribution in [0.1, 0.15) is 19.4 Å². The Balaban J connectivity index is 1.61. The molecule has 3 aromatic rings. The summed E-state index contributed by atoms with van der Waals surface area (Å²) in [5.74, 6) is 0.271. The van der Waals surface area contributed by atoms with Gasteiger partial charge >= 0.3 is 6.09 Å². The predicted octanol–water partition coefficient (Wildman–Crippen LogP) is 3.12. The number of aldehydes is 1. The fourth-order valence-corrected chi connectivity index (χ4v) is 3.92. The maximum atomic E-state index is 13.6. The van der Waals surface area contributed by atoms with Crippen LogP contribution in [0.15, 0.2) is 54.7 Å². The van der Waals surface area contributed by atoms with Crippen LogP contribution in [0.4, 0.5) is 10.5 Å². The third kappa shape index (κ3) is 4.47. The van der Waals surface area contributed by atoms with Crippen molar-refractivity contribution in [3.8, 4) is 5.75 Å². The van der Waals surface area contributed by atoms with E-state index in [4.69, 9.17) is 9.57 Å². The van der Waals surface area contributed by atoms with Gasteiger partial charge in [0.2, 0.25) is 0 Å². The number of anilines is 1. The average molecular weight is 465 g/mol. The Kier molecular flexibility index (Phi) is 6.83. The SMILES string of the molecule is CCn1ccc2c(CN3C(=O)[C@@H](NOC(=O)N(C)[C@@H](C)C=O)COc4ccccc43)cccc21. The molecule has 0 fully saturated rings. The first-order valence-electron chi connectivity index (χ1n) is 11.2. The number of ether oxygens (including phenoxy) is 1. The van der Waals surface area contributed by atoms with Crippen molar-refractivity contribution in [2.75, 3.05) is 18.6 Å². The van der Waals surface area contributed by atoms with E-state index in [0.717, 1.165) is 27.9 Å². The van der Waals surface area contributed by atoms with Gasteiger partial charge in [-0.3, -0.25) is 4.79 Å². The molecule has 0 unspecified atom stereocenters. The second-order valence-corrected chi connectivity index (χ2v) is 8.18. The summed E-state index contributed by atoms with van der Waals surface area (Å²) in [5, 5.41) is 1.07. The summed E-state index contributed by atoms with van der Waals surface area (Å²) in [5.41, 5.74) is 5.28. The topological polar surface area (TPSA) is 93.1 Å². The summed E-state index contributed by atoms with van der Waals surface area (Å²) in [6, 6.07) is 13.8. The zero-order chi connectivity index (χ0) is 24.2. The lowest BCUT2D eigenvalue weighted by Crippen LogP contribution is -2.50. The monoisotopic (exact) mass is 464 g/mol. The number of benzene rings is 2. The Morgan fingerprint density at radius 2 is 2.06 bits per heavy atom. The number of hydrogen-bond acceptors (Lipinski definition) is 6. The van der Waals surface area contributed by atoms with Gasteiger partial charge in [-0.1, -0.05) is 24.3 Å². The number of carbonyl (C=O) groups is 3. The lowest BCUT2D eigenvalue weighted by molar-refractivity contribution is -0.124. The maximum absolute atomic E-state index is 13.6. The predicted molar refractivity (Wildman–Crippen MR) is 127 cm³/mol. The molecule has 9 nitrogen and oxygen atoms in total. The highest BCUT2D eigenvalue weighted by Crippen LogP contribution is 2.33. The van der Waals surface area contributed by atoms with Crippen molar-refractivity contribution in [1.29, 1.82) is 0 Å². The summed E-state index contributed by atoms with van der Waals surface area (Å²) in [6.07, 6.45) is 1.90. The third-order valence-electron chi connectivity index (χ3n) is 6.08. The molecular formula is C25H28N4O5. The molecule has 2 amide bonds. The molecule has 4 rings (SSSR count). The van der Waals surface area contributed by atoms with Gasteiger partial charge in [-0.2, -0.15) is 0 Å². The van der Waals surface area contributed by atoms with Gasteiger partial charge in [-0.25, -0.2) is 4.79 Å². The van der Waals surface area contributed by atoms with Gasteiger partial charge < -0.3 is 28.7 Å². The summed E-state index contributed by atoms with van der Waals surface area (Å²) in [6.45, 7) is 4.80. The van der Waals surface area contributed by atoms with E-state index in [1.807, 2.05) is 36.5 Å². The lowest BCUT2D eigenvalue weighted by atomic mass is 10.1. The third-order valence-corrected chi connectivity index (χ3v) is 6.08. The maximum Gasteiger partial charge on any atom is 0.429 e. The number of rotatable bonds is 7. The quantitative estimate of drug-likeness (QED) is 0.427. The Morgan fingerprint density at radius 3 is 2.82 bits per heavy atom. The van der Waals surface area contributed by atoms with Gasteiger partial charge in [0.15, 0.2) is 6.04 Å². The fraction of sp³-hybridized carbons (Fsp3) is 0.320. The van der Waals surface area contributed by atoms with Crippen LogP contribution in [-0.4, -0.2) is 53.5 Å². The molecule has 2 heterocycles. The molecule has 0 saturated heterocycles. The number of fused-ring (bicyclic) bond motifs is 2. The van der Waals surface area contributed by atoms with Gasteiger partial charge in [-0.15, -0.1) is 5.48 Å². The number of para-hydroxylation sites is 2. The Morgan fingerprint density at radius 1 is 1.26 bits per heavy atom. The molecule has 1 aliphatic heterocycles. The molecular weight excluding hydrogens is 436 g/mol. The number of nitrogens with one attached hydrogen (secondary N) is 1. The smallest absolute Gasteiger partial charge is 0.429 e. The number of likely N-dealkylation sites (N-methyl/N-ethyl adjacent to an activating group) is 1. The standard InChI is InChI=1S/C25H28N4O5/c1-4-28-13-12-19-18(8-7-10-21(19)28)14-29-22-9-5-6-11-23(22)33-16-20(24(29)31)26-34-25(32)27(3)17(2)15-30/h5-13,15,17,20,26H,4,14,16H2,1-3H3/t17-,20-/m0/s1. The van der Waals surface area contributed by atoms with Crippen LogP contribution < -0.4 is 15.1 Å². The highest BCUT2D eigenvalue weighted by atomic mass is 16.7. The summed E-state index contributed by atoms with van der Waals surface area (Å²) < 4.78 is 8.03. The minimum absolute atomic E-state index is 0.0248. The first-order chi connectivity index (χ1) is 16.4. The molecule has 2 aromatic carbocycles.